The molecule has 0 saturated carbocycles. The van der Waals surface area contributed by atoms with E-state index in [0.717, 1.165) is 43.8 Å². The zero-order chi connectivity index (χ0) is 27.9. The predicted octanol–water partition coefficient (Wildman–Crippen LogP) is 6.28. The molecule has 0 atom stereocenters. The van der Waals surface area contributed by atoms with Crippen LogP contribution >= 0.6 is 0 Å². The number of nitrogens with zero attached hydrogens (tertiary/aromatic N) is 8. The van der Waals surface area contributed by atoms with Gasteiger partial charge in [-0.15, -0.1) is 0 Å². The Bertz CT molecular complexity index is 2280. The minimum Gasteiger partial charge on any atom is -0.324 e. The standard InChI is InChI=1S/C32H20N10/c1-15-7-9-17-21(13-15)29-37-25(17)35-27-20-6-4-12-34-24(20)32(40-27)42-30-22-14-16(2)8-10-18(22)26(38-30)36-28-19-5-3-11-33-23(19)31(39-28)41-29/h3-14H,1-2H3,(H2,35,36,37,38,39,40,41,42). The lowest BCUT2D eigenvalue weighted by atomic mass is 10.1. The van der Waals surface area contributed by atoms with Gasteiger partial charge in [0.25, 0.3) is 0 Å². The number of H-pyrrole nitrogens is 2. The first kappa shape index (κ1) is 22.9. The predicted molar refractivity (Wildman–Crippen MR) is 161 cm³/mol. The Labute approximate surface area is 237 Å². The summed E-state index contributed by atoms with van der Waals surface area (Å²) in [5.41, 5.74) is 7.73. The molecule has 42 heavy (non-hydrogen) atoms. The summed E-state index contributed by atoms with van der Waals surface area (Å²) in [4.78, 5) is 45.9. The average Bonchev–Trinajstić information content (AvgIpc) is 3.72. The van der Waals surface area contributed by atoms with Crippen LogP contribution in [0.5, 0.6) is 0 Å². The molecule has 10 heteroatoms. The molecule has 0 spiro atoms. The third kappa shape index (κ3) is 3.32. The third-order valence-electron chi connectivity index (χ3n) is 7.66. The molecular formula is C32H20N10. The number of aromatic amines is 2. The van der Waals surface area contributed by atoms with Crippen molar-refractivity contribution >= 4 is 44.1 Å². The van der Waals surface area contributed by atoms with Crippen LogP contribution in [0.2, 0.25) is 0 Å². The summed E-state index contributed by atoms with van der Waals surface area (Å²) in [5.74, 6) is 2.01. The molecule has 2 aliphatic rings. The number of hydrogen-bond acceptors (Lipinski definition) is 8. The molecule has 7 heterocycles. The number of hydrogen-bond donors (Lipinski definition) is 2. The van der Waals surface area contributed by atoms with Gasteiger partial charge in [-0.05, 0) is 50.2 Å². The van der Waals surface area contributed by atoms with E-state index < -0.39 is 0 Å². The van der Waals surface area contributed by atoms with Gasteiger partial charge in [-0.3, -0.25) is 9.97 Å². The second-order valence-corrected chi connectivity index (χ2v) is 10.5. The van der Waals surface area contributed by atoms with Crippen molar-refractivity contribution < 1.29 is 0 Å². The van der Waals surface area contributed by atoms with E-state index in [1.165, 1.54) is 0 Å². The van der Waals surface area contributed by atoms with Crippen LogP contribution in [-0.4, -0.2) is 49.8 Å². The summed E-state index contributed by atoms with van der Waals surface area (Å²) in [6.07, 6.45) is 3.49. The molecule has 0 saturated heterocycles. The van der Waals surface area contributed by atoms with Gasteiger partial charge in [0.2, 0.25) is 0 Å². The van der Waals surface area contributed by atoms with Crippen LogP contribution in [-0.2, 0) is 0 Å². The van der Waals surface area contributed by atoms with Gasteiger partial charge < -0.3 is 9.97 Å². The first-order chi connectivity index (χ1) is 20.6. The van der Waals surface area contributed by atoms with Gasteiger partial charge in [0.05, 0.1) is 0 Å². The molecule has 7 aromatic rings. The number of nitrogens with one attached hydrogen (secondary N) is 2. The molecule has 0 amide bonds. The Hall–Kier alpha value is -5.90. The highest BCUT2D eigenvalue weighted by molar-refractivity contribution is 6.06. The number of fused-ring (bicyclic) bond motifs is 20. The molecule has 0 unspecified atom stereocenters. The van der Waals surface area contributed by atoms with Crippen molar-refractivity contribution in [1.82, 2.24) is 49.8 Å². The van der Waals surface area contributed by atoms with Crippen LogP contribution < -0.4 is 0 Å². The molecule has 2 aliphatic heterocycles. The quantitative estimate of drug-likeness (QED) is 0.228. The maximum Gasteiger partial charge on any atom is 0.183 e. The number of pyridine rings is 2. The third-order valence-corrected chi connectivity index (χ3v) is 7.66. The molecule has 198 valence electrons. The molecule has 5 aromatic heterocycles. The lowest BCUT2D eigenvalue weighted by molar-refractivity contribution is 1.18. The van der Waals surface area contributed by atoms with Crippen molar-refractivity contribution in [2.75, 3.05) is 0 Å². The molecule has 0 fully saturated rings. The van der Waals surface area contributed by atoms with E-state index in [2.05, 4.69) is 58.0 Å². The van der Waals surface area contributed by atoms with E-state index in [1.807, 2.05) is 36.4 Å². The van der Waals surface area contributed by atoms with Crippen LogP contribution in [0.4, 0.5) is 0 Å². The van der Waals surface area contributed by atoms with Crippen molar-refractivity contribution in [3.05, 3.63) is 84.2 Å². The SMILES string of the molecule is Cc1ccc2c3nc4nc(nc5[nH]c(nc6nc(nc([nH]3)c2c1)-c1ncccc1-6)c1ccc(C)cc51)-c1ncccc1-4. The summed E-state index contributed by atoms with van der Waals surface area (Å²) in [6, 6.07) is 20.1. The smallest absolute Gasteiger partial charge is 0.183 e. The topological polar surface area (TPSA) is 135 Å². The highest BCUT2D eigenvalue weighted by Crippen LogP contribution is 2.35. The Morgan fingerprint density at radius 2 is 0.881 bits per heavy atom. The van der Waals surface area contributed by atoms with Gasteiger partial charge in [0.15, 0.2) is 23.3 Å². The van der Waals surface area contributed by atoms with E-state index in [0.29, 0.717) is 57.3 Å². The Morgan fingerprint density at radius 1 is 0.452 bits per heavy atom. The lowest BCUT2D eigenvalue weighted by Crippen LogP contribution is -1.85. The minimum absolute atomic E-state index is 0.479. The second kappa shape index (κ2) is 8.31. The van der Waals surface area contributed by atoms with E-state index in [-0.39, 0.29) is 0 Å². The highest BCUT2D eigenvalue weighted by atomic mass is 15.1. The number of aromatic nitrogens is 10. The van der Waals surface area contributed by atoms with Crippen molar-refractivity contribution in [3.63, 3.8) is 0 Å². The van der Waals surface area contributed by atoms with E-state index >= 15 is 0 Å². The molecule has 0 aliphatic carbocycles. The summed E-state index contributed by atoms with van der Waals surface area (Å²) < 4.78 is 0. The second-order valence-electron chi connectivity index (χ2n) is 10.5. The summed E-state index contributed by atoms with van der Waals surface area (Å²) in [5, 5.41) is 3.70. The minimum atomic E-state index is 0.479. The molecule has 2 N–H and O–H groups in total. The molecule has 2 aromatic carbocycles. The largest absolute Gasteiger partial charge is 0.324 e. The monoisotopic (exact) mass is 544 g/mol. The van der Waals surface area contributed by atoms with Crippen LogP contribution in [0.15, 0.2) is 73.1 Å². The first-order valence-corrected chi connectivity index (χ1v) is 13.5. The van der Waals surface area contributed by atoms with Gasteiger partial charge in [0.1, 0.15) is 34.0 Å². The van der Waals surface area contributed by atoms with E-state index in [9.17, 15) is 0 Å². The lowest BCUT2D eigenvalue weighted by Gasteiger charge is -1.96. The maximum absolute atomic E-state index is 5.00. The van der Waals surface area contributed by atoms with Crippen molar-refractivity contribution in [2.45, 2.75) is 13.8 Å². The molecule has 0 radical (unpaired) electrons. The van der Waals surface area contributed by atoms with Crippen molar-refractivity contribution in [2.24, 2.45) is 0 Å². The van der Waals surface area contributed by atoms with Crippen molar-refractivity contribution in [3.8, 4) is 45.8 Å². The van der Waals surface area contributed by atoms with Crippen LogP contribution in [0.25, 0.3) is 89.9 Å². The van der Waals surface area contributed by atoms with Crippen LogP contribution in [0.3, 0.4) is 0 Å². The summed E-state index contributed by atoms with van der Waals surface area (Å²) in [6.45, 7) is 4.11. The summed E-state index contributed by atoms with van der Waals surface area (Å²) >= 11 is 0. The van der Waals surface area contributed by atoms with E-state index in [1.54, 1.807) is 12.4 Å². The molecule has 9 rings (SSSR count). The first-order valence-electron chi connectivity index (χ1n) is 13.5. The Morgan fingerprint density at radius 3 is 1.36 bits per heavy atom. The van der Waals surface area contributed by atoms with Crippen LogP contribution in [0.1, 0.15) is 11.1 Å². The number of rotatable bonds is 0. The fraction of sp³-hybridized carbons (Fsp3) is 0.0625. The molecule has 8 bridgehead atoms. The van der Waals surface area contributed by atoms with Gasteiger partial charge >= 0.3 is 0 Å². The maximum atomic E-state index is 5.00. The Kier molecular flexibility index (Phi) is 4.52. The summed E-state index contributed by atoms with van der Waals surface area (Å²) in [7, 11) is 0. The zero-order valence-corrected chi connectivity index (χ0v) is 22.5. The van der Waals surface area contributed by atoms with Gasteiger partial charge in [0, 0.05) is 45.1 Å². The molecule has 10 nitrogen and oxygen atoms in total. The fourth-order valence-electron chi connectivity index (χ4n) is 5.67. The number of aryl methyl sites for hydroxylation is 2. The van der Waals surface area contributed by atoms with Crippen molar-refractivity contribution in [1.29, 1.82) is 0 Å². The van der Waals surface area contributed by atoms with Gasteiger partial charge in [-0.1, -0.05) is 35.4 Å². The van der Waals surface area contributed by atoms with Crippen LogP contribution in [0, 0.1) is 13.8 Å². The Balaban J connectivity index is 1.51. The number of benzene rings is 2. The fourth-order valence-corrected chi connectivity index (χ4v) is 5.67. The zero-order valence-electron chi connectivity index (χ0n) is 22.5. The average molecular weight is 545 g/mol. The highest BCUT2D eigenvalue weighted by Gasteiger charge is 2.23. The molecular weight excluding hydrogens is 524 g/mol. The van der Waals surface area contributed by atoms with Gasteiger partial charge in [-0.25, -0.2) is 29.9 Å². The van der Waals surface area contributed by atoms with Gasteiger partial charge in [-0.2, -0.15) is 0 Å². The van der Waals surface area contributed by atoms with E-state index in [4.69, 9.17) is 29.9 Å². The normalized spacial score (nSPS) is 12.0.